The molecule has 0 radical (unpaired) electrons. The minimum absolute atomic E-state index is 0.0125. The summed E-state index contributed by atoms with van der Waals surface area (Å²) in [4.78, 5) is 20.6. The SMILES string of the molecule is COC(=O)CCNc1cc(F)c(F)cc1[N+](=O)[O-]. The Bertz CT molecular complexity index is 479. The van der Waals surface area contributed by atoms with Crippen molar-refractivity contribution in [3.63, 3.8) is 0 Å². The number of nitro groups is 1. The summed E-state index contributed by atoms with van der Waals surface area (Å²) in [5, 5.41) is 13.1. The van der Waals surface area contributed by atoms with Crippen LogP contribution in [0.3, 0.4) is 0 Å². The highest BCUT2D eigenvalue weighted by Crippen LogP contribution is 2.26. The van der Waals surface area contributed by atoms with Crippen molar-refractivity contribution < 1.29 is 23.2 Å². The summed E-state index contributed by atoms with van der Waals surface area (Å²) in [6.45, 7) is 0.0125. The molecule has 1 aromatic carbocycles. The second kappa shape index (κ2) is 5.89. The number of benzene rings is 1. The van der Waals surface area contributed by atoms with E-state index in [1.165, 1.54) is 7.11 Å². The van der Waals surface area contributed by atoms with Gasteiger partial charge in [-0.2, -0.15) is 0 Å². The zero-order chi connectivity index (χ0) is 13.7. The number of nitro benzene ring substituents is 1. The molecular formula is C10H10F2N2O4. The molecule has 0 atom stereocenters. The number of hydrogen-bond donors (Lipinski definition) is 1. The molecule has 0 aromatic heterocycles. The van der Waals surface area contributed by atoms with Crippen LogP contribution in [0.4, 0.5) is 20.2 Å². The highest BCUT2D eigenvalue weighted by molar-refractivity contribution is 5.70. The van der Waals surface area contributed by atoms with Gasteiger partial charge in [0.25, 0.3) is 5.69 Å². The molecule has 0 unspecified atom stereocenters. The summed E-state index contributed by atoms with van der Waals surface area (Å²) in [6, 6.07) is 1.15. The van der Waals surface area contributed by atoms with Gasteiger partial charge < -0.3 is 10.1 Å². The summed E-state index contributed by atoms with van der Waals surface area (Å²) in [7, 11) is 1.20. The third kappa shape index (κ3) is 3.37. The van der Waals surface area contributed by atoms with Crippen LogP contribution in [0.25, 0.3) is 0 Å². The van der Waals surface area contributed by atoms with Gasteiger partial charge in [-0.3, -0.25) is 14.9 Å². The number of methoxy groups -OCH3 is 1. The van der Waals surface area contributed by atoms with Gasteiger partial charge in [-0.1, -0.05) is 0 Å². The Hall–Kier alpha value is -2.25. The molecule has 0 fully saturated rings. The normalized spacial score (nSPS) is 9.94. The van der Waals surface area contributed by atoms with Gasteiger partial charge in [-0.15, -0.1) is 0 Å². The van der Waals surface area contributed by atoms with Crippen LogP contribution in [-0.4, -0.2) is 24.5 Å². The van der Waals surface area contributed by atoms with Crippen molar-refractivity contribution in [2.24, 2.45) is 0 Å². The zero-order valence-electron chi connectivity index (χ0n) is 9.41. The van der Waals surface area contributed by atoms with Crippen molar-refractivity contribution >= 4 is 17.3 Å². The molecule has 0 aliphatic heterocycles. The molecule has 0 heterocycles. The number of hydrogen-bond acceptors (Lipinski definition) is 5. The molecule has 0 saturated carbocycles. The lowest BCUT2D eigenvalue weighted by Gasteiger charge is -2.06. The van der Waals surface area contributed by atoms with E-state index >= 15 is 0 Å². The molecule has 1 aromatic rings. The predicted molar refractivity (Wildman–Crippen MR) is 58.1 cm³/mol. The fourth-order valence-electron chi connectivity index (χ4n) is 1.23. The molecule has 0 amide bonds. The zero-order valence-corrected chi connectivity index (χ0v) is 9.41. The van der Waals surface area contributed by atoms with E-state index in [4.69, 9.17) is 0 Å². The van der Waals surface area contributed by atoms with E-state index in [1.54, 1.807) is 0 Å². The van der Waals surface area contributed by atoms with Gasteiger partial charge in [-0.05, 0) is 0 Å². The Morgan fingerprint density at radius 2 is 2.06 bits per heavy atom. The molecular weight excluding hydrogens is 250 g/mol. The number of carbonyl (C=O) groups is 1. The van der Waals surface area contributed by atoms with E-state index in [-0.39, 0.29) is 18.7 Å². The fourth-order valence-corrected chi connectivity index (χ4v) is 1.23. The lowest BCUT2D eigenvalue weighted by atomic mass is 10.2. The van der Waals surface area contributed by atoms with E-state index in [9.17, 15) is 23.7 Å². The van der Waals surface area contributed by atoms with Crippen molar-refractivity contribution in [3.8, 4) is 0 Å². The van der Waals surface area contributed by atoms with Gasteiger partial charge in [0.1, 0.15) is 5.69 Å². The third-order valence-electron chi connectivity index (χ3n) is 2.11. The molecule has 6 nitrogen and oxygen atoms in total. The van der Waals surface area contributed by atoms with Crippen LogP contribution in [0.1, 0.15) is 6.42 Å². The molecule has 0 bridgehead atoms. The first-order valence-electron chi connectivity index (χ1n) is 4.90. The average Bonchev–Trinajstić information content (AvgIpc) is 2.32. The van der Waals surface area contributed by atoms with Crippen LogP contribution < -0.4 is 5.32 Å². The van der Waals surface area contributed by atoms with Crippen molar-refractivity contribution in [2.45, 2.75) is 6.42 Å². The van der Waals surface area contributed by atoms with E-state index in [1.807, 2.05) is 0 Å². The Morgan fingerprint density at radius 3 is 2.61 bits per heavy atom. The molecule has 0 aliphatic carbocycles. The molecule has 8 heteroatoms. The Balaban J connectivity index is 2.83. The summed E-state index contributed by atoms with van der Waals surface area (Å²) in [5.41, 5.74) is -0.790. The summed E-state index contributed by atoms with van der Waals surface area (Å²) >= 11 is 0. The molecule has 1 rings (SSSR count). The van der Waals surface area contributed by atoms with Gasteiger partial charge in [0.15, 0.2) is 11.6 Å². The van der Waals surface area contributed by atoms with E-state index in [0.29, 0.717) is 12.1 Å². The van der Waals surface area contributed by atoms with Crippen molar-refractivity contribution in [2.75, 3.05) is 19.0 Å². The first-order valence-corrected chi connectivity index (χ1v) is 4.90. The van der Waals surface area contributed by atoms with Crippen LogP contribution >= 0.6 is 0 Å². The Morgan fingerprint density at radius 1 is 1.44 bits per heavy atom. The van der Waals surface area contributed by atoms with E-state index in [2.05, 4.69) is 10.1 Å². The van der Waals surface area contributed by atoms with Crippen molar-refractivity contribution in [1.82, 2.24) is 0 Å². The minimum atomic E-state index is -1.31. The molecule has 0 saturated heterocycles. The van der Waals surface area contributed by atoms with Crippen LogP contribution in [0.2, 0.25) is 0 Å². The number of nitrogens with zero attached hydrogens (tertiary/aromatic N) is 1. The van der Waals surface area contributed by atoms with Crippen molar-refractivity contribution in [3.05, 3.63) is 33.9 Å². The number of esters is 1. The predicted octanol–water partition coefficient (Wildman–Crippen LogP) is 1.85. The van der Waals surface area contributed by atoms with Gasteiger partial charge >= 0.3 is 5.97 Å². The first kappa shape index (κ1) is 13.8. The maximum Gasteiger partial charge on any atom is 0.307 e. The smallest absolute Gasteiger partial charge is 0.307 e. The van der Waals surface area contributed by atoms with Gasteiger partial charge in [0.05, 0.1) is 24.5 Å². The maximum absolute atomic E-state index is 12.9. The summed E-state index contributed by atoms with van der Waals surface area (Å²) in [5.74, 6) is -3.03. The Kier molecular flexibility index (Phi) is 4.52. The largest absolute Gasteiger partial charge is 0.469 e. The van der Waals surface area contributed by atoms with Gasteiger partial charge in [-0.25, -0.2) is 8.78 Å². The molecule has 0 aliphatic rings. The Labute approximate surface area is 101 Å². The molecule has 18 heavy (non-hydrogen) atoms. The number of ether oxygens (including phenoxy) is 1. The monoisotopic (exact) mass is 260 g/mol. The highest BCUT2D eigenvalue weighted by atomic mass is 19.2. The highest BCUT2D eigenvalue weighted by Gasteiger charge is 2.18. The van der Waals surface area contributed by atoms with Crippen LogP contribution in [-0.2, 0) is 9.53 Å². The number of nitrogens with one attached hydrogen (secondary N) is 1. The first-order chi connectivity index (χ1) is 8.45. The number of halogens is 2. The van der Waals surface area contributed by atoms with Gasteiger partial charge in [0, 0.05) is 12.6 Å². The van der Waals surface area contributed by atoms with Crippen LogP contribution in [0.15, 0.2) is 12.1 Å². The summed E-state index contributed by atoms with van der Waals surface area (Å²) in [6.07, 6.45) is -0.0490. The van der Waals surface area contributed by atoms with Crippen LogP contribution in [0, 0.1) is 21.7 Å². The lowest BCUT2D eigenvalue weighted by molar-refractivity contribution is -0.384. The van der Waals surface area contributed by atoms with Gasteiger partial charge in [0.2, 0.25) is 0 Å². The van der Waals surface area contributed by atoms with Crippen LogP contribution in [0.5, 0.6) is 0 Å². The fraction of sp³-hybridized carbons (Fsp3) is 0.300. The quantitative estimate of drug-likeness (QED) is 0.496. The number of carbonyl (C=O) groups excluding carboxylic acids is 1. The summed E-state index contributed by atoms with van der Waals surface area (Å²) < 4.78 is 30.2. The second-order valence-electron chi connectivity index (χ2n) is 3.29. The van der Waals surface area contributed by atoms with E-state index < -0.39 is 28.2 Å². The number of anilines is 1. The standard InChI is InChI=1S/C10H10F2N2O4/c1-18-10(15)2-3-13-8-4-6(11)7(12)5-9(8)14(16)17/h4-5,13H,2-3H2,1H3. The topological polar surface area (TPSA) is 81.5 Å². The number of rotatable bonds is 5. The minimum Gasteiger partial charge on any atom is -0.469 e. The third-order valence-corrected chi connectivity index (χ3v) is 2.11. The lowest BCUT2D eigenvalue weighted by Crippen LogP contribution is -2.11. The maximum atomic E-state index is 12.9. The van der Waals surface area contributed by atoms with Crippen molar-refractivity contribution in [1.29, 1.82) is 0 Å². The molecule has 1 N–H and O–H groups in total. The van der Waals surface area contributed by atoms with E-state index in [0.717, 1.165) is 0 Å². The average molecular weight is 260 g/mol. The second-order valence-corrected chi connectivity index (χ2v) is 3.29. The molecule has 0 spiro atoms. The molecule has 98 valence electrons.